The Morgan fingerprint density at radius 1 is 0.714 bits per heavy atom. The topological polar surface area (TPSA) is 188 Å². The van der Waals surface area contributed by atoms with Crippen molar-refractivity contribution >= 4 is 24.4 Å². The van der Waals surface area contributed by atoms with Gasteiger partial charge in [0.2, 0.25) is 0 Å². The Kier molecular flexibility index (Phi) is 12.5. The Balaban J connectivity index is 3.52. The Morgan fingerprint density at radius 3 is 1.46 bits per heavy atom. The number of carbonyl (C=O) groups excluding carboxylic acids is 4. The number of rotatable bonds is 10. The van der Waals surface area contributed by atoms with Crippen molar-refractivity contribution in [3.8, 4) is 0 Å². The summed E-state index contributed by atoms with van der Waals surface area (Å²) in [6.07, 6.45) is -13.4. The van der Waals surface area contributed by atoms with E-state index in [9.17, 15) is 24.3 Å². The van der Waals surface area contributed by atoms with Crippen LogP contribution >= 0.6 is 0 Å². The minimum absolute atomic E-state index is 0.0502. The van der Waals surface area contributed by atoms with Crippen LogP contribution in [0.25, 0.3) is 0 Å². The molecule has 1 rings (SSSR count). The van der Waals surface area contributed by atoms with E-state index in [0.717, 1.165) is 0 Å². The highest BCUT2D eigenvalue weighted by molar-refractivity contribution is 5.76. The van der Waals surface area contributed by atoms with Crippen molar-refractivity contribution in [1.29, 1.82) is 0 Å². The molecular weight excluding hydrogens is 474 g/mol. The van der Waals surface area contributed by atoms with Crippen LogP contribution in [0.15, 0.2) is 0 Å². The van der Waals surface area contributed by atoms with Crippen molar-refractivity contribution in [1.82, 2.24) is 0 Å². The van der Waals surface area contributed by atoms with Crippen LogP contribution in [0.1, 0.15) is 34.6 Å². The number of hydrogen-bond acceptors (Lipinski definition) is 14. The van der Waals surface area contributed by atoms with E-state index >= 15 is 0 Å². The summed E-state index contributed by atoms with van der Waals surface area (Å²) in [6.45, 7) is 7.70. The van der Waals surface area contributed by atoms with Gasteiger partial charge in [0.15, 0.2) is 24.4 Å². The molecule has 0 aromatic heterocycles. The number of nitrogens with two attached hydrogens (primary N) is 1. The number of carbonyl (C=O) groups is 4. The van der Waals surface area contributed by atoms with Crippen LogP contribution in [0.4, 0.5) is 14.4 Å². The molecule has 1 aliphatic carbocycles. The van der Waals surface area contributed by atoms with Crippen LogP contribution in [0.2, 0.25) is 0 Å². The van der Waals surface area contributed by atoms with E-state index in [-0.39, 0.29) is 25.7 Å². The van der Waals surface area contributed by atoms with Crippen molar-refractivity contribution in [3.63, 3.8) is 0 Å². The lowest BCUT2D eigenvalue weighted by molar-refractivity contribution is -0.245. The van der Waals surface area contributed by atoms with Crippen LogP contribution in [0.5, 0.6) is 0 Å². The fourth-order valence-corrected chi connectivity index (χ4v) is 3.22. The minimum Gasteiger partial charge on any atom is -0.453 e. The minimum atomic E-state index is -1.74. The van der Waals surface area contributed by atoms with Gasteiger partial charge in [-0.3, -0.25) is 4.79 Å². The Hall–Kier alpha value is -2.84. The molecule has 14 nitrogen and oxygen atoms in total. The van der Waals surface area contributed by atoms with Gasteiger partial charge in [-0.15, -0.1) is 0 Å². The summed E-state index contributed by atoms with van der Waals surface area (Å²) in [4.78, 5) is 49.2. The maximum absolute atomic E-state index is 12.7. The van der Waals surface area contributed by atoms with Crippen LogP contribution in [-0.2, 0) is 42.7 Å². The molecular formula is C21H35NO13. The van der Waals surface area contributed by atoms with Gasteiger partial charge in [-0.25, -0.2) is 14.4 Å². The fraction of sp³-hybridized carbons (Fsp3) is 0.810. The summed E-state index contributed by atoms with van der Waals surface area (Å²) in [5, 5.41) is 11.0. The number of hydrogen-bond donors (Lipinski definition) is 2. The molecule has 1 fully saturated rings. The second-order valence-corrected chi connectivity index (χ2v) is 7.66. The summed E-state index contributed by atoms with van der Waals surface area (Å²) in [5.41, 5.74) is 5.88. The van der Waals surface area contributed by atoms with Gasteiger partial charge < -0.3 is 48.7 Å². The van der Waals surface area contributed by atoms with Crippen LogP contribution < -0.4 is 5.73 Å². The summed E-state index contributed by atoms with van der Waals surface area (Å²) in [7, 11) is 1.17. The molecule has 0 bridgehead atoms. The number of esters is 1. The van der Waals surface area contributed by atoms with E-state index in [1.807, 2.05) is 0 Å². The average Bonchev–Trinajstić information content (AvgIpc) is 2.78. The number of aliphatic hydroxyl groups is 1. The molecule has 0 spiro atoms. The van der Waals surface area contributed by atoms with Gasteiger partial charge in [-0.2, -0.15) is 0 Å². The molecule has 7 atom stereocenters. The molecule has 0 saturated heterocycles. The molecule has 202 valence electrons. The molecule has 1 saturated carbocycles. The van der Waals surface area contributed by atoms with Gasteiger partial charge in [-0.05, 0) is 26.7 Å². The normalized spacial score (nSPS) is 26.8. The molecule has 0 aliphatic heterocycles. The second kappa shape index (κ2) is 14.5. The SMILES string of the molecule is CCOC(=O)OC1C(O)C(OC)C(OC(=O)OCC)C(OC(=O)OCC)C1OC(=O)[C@@H](N)C(C)C. The first-order valence-corrected chi connectivity index (χ1v) is 11.2. The molecule has 6 unspecified atom stereocenters. The van der Waals surface area contributed by atoms with Crippen LogP contribution in [0.3, 0.4) is 0 Å². The third-order valence-corrected chi connectivity index (χ3v) is 4.97. The molecule has 35 heavy (non-hydrogen) atoms. The van der Waals surface area contributed by atoms with Crippen LogP contribution in [0, 0.1) is 5.92 Å². The second-order valence-electron chi connectivity index (χ2n) is 7.66. The van der Waals surface area contributed by atoms with Crippen molar-refractivity contribution in [2.24, 2.45) is 11.7 Å². The summed E-state index contributed by atoms with van der Waals surface area (Å²) in [6, 6.07) is -1.12. The highest BCUT2D eigenvalue weighted by atomic mass is 16.8. The quantitative estimate of drug-likeness (QED) is 0.312. The Morgan fingerprint density at radius 2 is 1.09 bits per heavy atom. The third-order valence-electron chi connectivity index (χ3n) is 4.97. The third kappa shape index (κ3) is 8.40. The molecule has 0 aromatic rings. The van der Waals surface area contributed by atoms with Gasteiger partial charge in [0.1, 0.15) is 18.2 Å². The largest absolute Gasteiger partial charge is 0.508 e. The first-order chi connectivity index (χ1) is 16.5. The molecule has 3 N–H and O–H groups in total. The predicted octanol–water partition coefficient (Wildman–Crippen LogP) is 0.896. The first-order valence-electron chi connectivity index (χ1n) is 11.2. The number of aliphatic hydroxyl groups excluding tert-OH is 1. The standard InChI is InChI=1S/C21H35NO13/c1-7-29-19(25)33-14-12(23)13(28-6)15(34-20(26)30-8-2)17(35-21(27)31-9-3)16(14)32-18(24)11(22)10(4)5/h10-17,23H,7-9,22H2,1-6H3/t11-,12?,13?,14?,15?,16?,17?/m0/s1. The van der Waals surface area contributed by atoms with E-state index in [1.54, 1.807) is 13.8 Å². The van der Waals surface area contributed by atoms with Crippen LogP contribution in [-0.4, -0.2) is 99.1 Å². The molecule has 0 radical (unpaired) electrons. The zero-order valence-corrected chi connectivity index (χ0v) is 20.7. The van der Waals surface area contributed by atoms with E-state index in [0.29, 0.717) is 0 Å². The highest BCUT2D eigenvalue weighted by Gasteiger charge is 2.59. The average molecular weight is 510 g/mol. The molecule has 0 aromatic carbocycles. The van der Waals surface area contributed by atoms with Gasteiger partial charge in [0, 0.05) is 7.11 Å². The fourth-order valence-electron chi connectivity index (χ4n) is 3.22. The van der Waals surface area contributed by atoms with Gasteiger partial charge in [-0.1, -0.05) is 13.8 Å². The monoisotopic (exact) mass is 509 g/mol. The highest BCUT2D eigenvalue weighted by Crippen LogP contribution is 2.33. The van der Waals surface area contributed by atoms with Crippen molar-refractivity contribution in [2.45, 2.75) is 77.3 Å². The smallest absolute Gasteiger partial charge is 0.453 e. The Labute approximate surface area is 203 Å². The number of methoxy groups -OCH3 is 1. The molecule has 0 amide bonds. The van der Waals surface area contributed by atoms with Gasteiger partial charge in [0.25, 0.3) is 0 Å². The van der Waals surface area contributed by atoms with E-state index in [2.05, 4.69) is 0 Å². The van der Waals surface area contributed by atoms with Crippen molar-refractivity contribution in [2.75, 3.05) is 26.9 Å². The van der Waals surface area contributed by atoms with E-state index in [1.165, 1.54) is 27.9 Å². The first kappa shape index (κ1) is 30.2. The lowest BCUT2D eigenvalue weighted by atomic mass is 9.84. The number of ether oxygens (including phenoxy) is 8. The molecule has 1 aliphatic rings. The Bertz CT molecular complexity index is 715. The summed E-state index contributed by atoms with van der Waals surface area (Å²) < 4.78 is 40.8. The van der Waals surface area contributed by atoms with Gasteiger partial charge in [0.05, 0.1) is 19.8 Å². The zero-order valence-electron chi connectivity index (χ0n) is 20.7. The maximum atomic E-state index is 12.7. The van der Waals surface area contributed by atoms with Gasteiger partial charge >= 0.3 is 24.4 Å². The predicted molar refractivity (Wildman–Crippen MR) is 115 cm³/mol. The molecule has 0 heterocycles. The van der Waals surface area contributed by atoms with Crippen molar-refractivity contribution in [3.05, 3.63) is 0 Å². The summed E-state index contributed by atoms with van der Waals surface area (Å²) in [5.74, 6) is -1.32. The van der Waals surface area contributed by atoms with E-state index < -0.39 is 67.1 Å². The maximum Gasteiger partial charge on any atom is 0.508 e. The summed E-state index contributed by atoms with van der Waals surface area (Å²) >= 11 is 0. The van der Waals surface area contributed by atoms with Crippen molar-refractivity contribution < 1.29 is 62.2 Å². The molecule has 14 heteroatoms. The lowest BCUT2D eigenvalue weighted by Gasteiger charge is -2.45. The lowest BCUT2D eigenvalue weighted by Crippen LogP contribution is -2.68. The van der Waals surface area contributed by atoms with E-state index in [4.69, 9.17) is 43.6 Å². The zero-order chi connectivity index (χ0) is 26.7.